The van der Waals surface area contributed by atoms with Gasteiger partial charge in [0.1, 0.15) is 0 Å². The molecule has 1 fully saturated rings. The summed E-state index contributed by atoms with van der Waals surface area (Å²) in [5, 5.41) is 3.53. The summed E-state index contributed by atoms with van der Waals surface area (Å²) in [4.78, 5) is 2.24. The molecule has 2 aromatic rings. The second-order valence-corrected chi connectivity index (χ2v) is 7.49. The Bertz CT molecular complexity index is 746. The van der Waals surface area contributed by atoms with E-state index in [0.29, 0.717) is 26.2 Å². The zero-order chi connectivity index (χ0) is 16.4. The summed E-state index contributed by atoms with van der Waals surface area (Å²) in [5.74, 6) is 0.156. The predicted molar refractivity (Wildman–Crippen MR) is 86.1 cm³/mol. The van der Waals surface area contributed by atoms with Crippen LogP contribution in [0.4, 0.5) is 5.82 Å². The summed E-state index contributed by atoms with van der Waals surface area (Å²) >= 11 is 0. The van der Waals surface area contributed by atoms with Gasteiger partial charge in [0.15, 0.2) is 16.5 Å². The predicted octanol–water partition coefficient (Wildman–Crippen LogP) is 1.07. The second kappa shape index (κ2) is 6.31. The van der Waals surface area contributed by atoms with Crippen LogP contribution in [-0.2, 0) is 16.6 Å². The van der Waals surface area contributed by atoms with Gasteiger partial charge in [-0.25, -0.2) is 8.42 Å². The SMILES string of the molecule is Cc1onc(N)c1S(=O)(=O)N1CCN(Cc2ccccc2)CC1. The molecule has 1 aliphatic rings. The van der Waals surface area contributed by atoms with E-state index in [1.165, 1.54) is 9.87 Å². The zero-order valence-corrected chi connectivity index (χ0v) is 13.8. The second-order valence-electron chi connectivity index (χ2n) is 5.62. The van der Waals surface area contributed by atoms with E-state index in [2.05, 4.69) is 22.2 Å². The number of nitrogens with two attached hydrogens (primary N) is 1. The van der Waals surface area contributed by atoms with Crippen LogP contribution in [0.2, 0.25) is 0 Å². The minimum Gasteiger partial charge on any atom is -0.380 e. The molecule has 0 amide bonds. The first-order chi connectivity index (χ1) is 11.0. The lowest BCUT2D eigenvalue weighted by Crippen LogP contribution is -2.48. The average molecular weight is 336 g/mol. The molecule has 0 saturated carbocycles. The molecule has 7 nitrogen and oxygen atoms in total. The van der Waals surface area contributed by atoms with Crippen LogP contribution in [0.15, 0.2) is 39.8 Å². The quantitative estimate of drug-likeness (QED) is 0.898. The largest absolute Gasteiger partial charge is 0.380 e. The van der Waals surface area contributed by atoms with Crippen LogP contribution in [0.5, 0.6) is 0 Å². The lowest BCUT2D eigenvalue weighted by atomic mass is 10.2. The number of nitrogens with zero attached hydrogens (tertiary/aromatic N) is 3. The van der Waals surface area contributed by atoms with Gasteiger partial charge in [0.05, 0.1) is 0 Å². The van der Waals surface area contributed by atoms with Crippen molar-refractivity contribution in [1.82, 2.24) is 14.4 Å². The first kappa shape index (κ1) is 16.0. The number of rotatable bonds is 4. The van der Waals surface area contributed by atoms with Crippen LogP contribution in [0.3, 0.4) is 0 Å². The molecule has 3 rings (SSSR count). The van der Waals surface area contributed by atoms with Gasteiger partial charge in [0, 0.05) is 32.7 Å². The standard InChI is InChI=1S/C15H20N4O3S/c1-12-14(15(16)17-22-12)23(20,21)19-9-7-18(8-10-19)11-13-5-3-2-4-6-13/h2-6H,7-11H2,1H3,(H2,16,17). The molecule has 23 heavy (non-hydrogen) atoms. The molecule has 8 heteroatoms. The van der Waals surface area contributed by atoms with E-state index in [1.54, 1.807) is 6.92 Å². The molecule has 0 aliphatic carbocycles. The van der Waals surface area contributed by atoms with Crippen LogP contribution < -0.4 is 5.73 Å². The molecule has 1 aromatic carbocycles. The first-order valence-corrected chi connectivity index (χ1v) is 8.90. The van der Waals surface area contributed by atoms with Crippen molar-refractivity contribution in [3.05, 3.63) is 41.7 Å². The molecule has 2 N–H and O–H groups in total. The molecule has 0 bridgehead atoms. The fourth-order valence-corrected chi connectivity index (χ4v) is 4.40. The maximum absolute atomic E-state index is 12.7. The number of piperazine rings is 1. The van der Waals surface area contributed by atoms with Gasteiger partial charge in [-0.05, 0) is 12.5 Å². The molecule has 0 atom stereocenters. The van der Waals surface area contributed by atoms with Crippen LogP contribution in [0.25, 0.3) is 0 Å². The number of sulfonamides is 1. The van der Waals surface area contributed by atoms with Crippen molar-refractivity contribution in [3.63, 3.8) is 0 Å². The van der Waals surface area contributed by atoms with E-state index < -0.39 is 10.0 Å². The molecule has 124 valence electrons. The van der Waals surface area contributed by atoms with Crippen LogP contribution >= 0.6 is 0 Å². The summed E-state index contributed by atoms with van der Waals surface area (Å²) in [7, 11) is -3.65. The number of aromatic nitrogens is 1. The van der Waals surface area contributed by atoms with Gasteiger partial charge in [-0.3, -0.25) is 4.90 Å². The summed E-state index contributed by atoms with van der Waals surface area (Å²) in [6.07, 6.45) is 0. The van der Waals surface area contributed by atoms with Crippen molar-refractivity contribution in [2.75, 3.05) is 31.9 Å². The van der Waals surface area contributed by atoms with E-state index in [-0.39, 0.29) is 16.5 Å². The molecule has 1 aromatic heterocycles. The van der Waals surface area contributed by atoms with Crippen molar-refractivity contribution < 1.29 is 12.9 Å². The molecule has 0 spiro atoms. The van der Waals surface area contributed by atoms with Gasteiger partial charge in [0.25, 0.3) is 0 Å². The lowest BCUT2D eigenvalue weighted by molar-refractivity contribution is 0.181. The van der Waals surface area contributed by atoms with E-state index in [0.717, 1.165) is 6.54 Å². The monoisotopic (exact) mass is 336 g/mol. The summed E-state index contributed by atoms with van der Waals surface area (Å²) in [6.45, 7) is 4.60. The minimum atomic E-state index is -3.65. The third kappa shape index (κ3) is 3.24. The molecule has 0 unspecified atom stereocenters. The number of anilines is 1. The third-order valence-electron chi connectivity index (χ3n) is 4.01. The number of nitrogen functional groups attached to an aromatic ring is 1. The highest BCUT2D eigenvalue weighted by Gasteiger charge is 2.33. The Hall–Kier alpha value is -1.90. The van der Waals surface area contributed by atoms with Crippen molar-refractivity contribution in [2.24, 2.45) is 0 Å². The highest BCUT2D eigenvalue weighted by atomic mass is 32.2. The van der Waals surface area contributed by atoms with Crippen molar-refractivity contribution in [2.45, 2.75) is 18.4 Å². The van der Waals surface area contributed by atoms with Crippen LogP contribution in [-0.4, -0.2) is 49.0 Å². The minimum absolute atomic E-state index is 0.00555. The Morgan fingerprint density at radius 1 is 1.17 bits per heavy atom. The average Bonchev–Trinajstić information content (AvgIpc) is 2.88. The molecule has 2 heterocycles. The van der Waals surface area contributed by atoms with Gasteiger partial charge in [0.2, 0.25) is 10.0 Å². The number of hydrogen-bond acceptors (Lipinski definition) is 6. The van der Waals surface area contributed by atoms with Crippen LogP contribution in [0, 0.1) is 6.92 Å². The fourth-order valence-electron chi connectivity index (χ4n) is 2.79. The Kier molecular flexibility index (Phi) is 4.38. The number of aryl methyl sites for hydroxylation is 1. The zero-order valence-electron chi connectivity index (χ0n) is 13.0. The third-order valence-corrected chi connectivity index (χ3v) is 6.07. The van der Waals surface area contributed by atoms with E-state index in [4.69, 9.17) is 10.3 Å². The van der Waals surface area contributed by atoms with Gasteiger partial charge < -0.3 is 10.3 Å². The Labute approximate surface area is 135 Å². The van der Waals surface area contributed by atoms with Gasteiger partial charge in [-0.1, -0.05) is 35.5 Å². The van der Waals surface area contributed by atoms with E-state index >= 15 is 0 Å². The Morgan fingerprint density at radius 2 is 1.83 bits per heavy atom. The van der Waals surface area contributed by atoms with Crippen LogP contribution in [0.1, 0.15) is 11.3 Å². The molecule has 0 radical (unpaired) electrons. The van der Waals surface area contributed by atoms with Gasteiger partial charge >= 0.3 is 0 Å². The highest BCUT2D eigenvalue weighted by molar-refractivity contribution is 7.89. The Balaban J connectivity index is 1.67. The molecule has 1 saturated heterocycles. The first-order valence-electron chi connectivity index (χ1n) is 7.46. The lowest BCUT2D eigenvalue weighted by Gasteiger charge is -2.33. The number of benzene rings is 1. The van der Waals surface area contributed by atoms with Crippen molar-refractivity contribution >= 4 is 15.8 Å². The molecule has 1 aliphatic heterocycles. The Morgan fingerprint density at radius 3 is 2.39 bits per heavy atom. The molecular weight excluding hydrogens is 316 g/mol. The fraction of sp³-hybridized carbons (Fsp3) is 0.400. The maximum Gasteiger partial charge on any atom is 0.250 e. The smallest absolute Gasteiger partial charge is 0.250 e. The highest BCUT2D eigenvalue weighted by Crippen LogP contribution is 2.26. The van der Waals surface area contributed by atoms with Gasteiger partial charge in [-0.2, -0.15) is 4.31 Å². The molecular formula is C15H20N4O3S. The summed E-state index contributed by atoms with van der Waals surface area (Å²) in [5.41, 5.74) is 6.87. The van der Waals surface area contributed by atoms with Crippen molar-refractivity contribution in [1.29, 1.82) is 0 Å². The van der Waals surface area contributed by atoms with Crippen molar-refractivity contribution in [3.8, 4) is 0 Å². The normalized spacial score (nSPS) is 17.4. The van der Waals surface area contributed by atoms with Gasteiger partial charge in [-0.15, -0.1) is 0 Å². The number of hydrogen-bond donors (Lipinski definition) is 1. The topological polar surface area (TPSA) is 92.7 Å². The summed E-state index contributed by atoms with van der Waals surface area (Å²) < 4.78 is 31.7. The van der Waals surface area contributed by atoms with E-state index in [9.17, 15) is 8.42 Å². The van der Waals surface area contributed by atoms with E-state index in [1.807, 2.05) is 18.2 Å². The maximum atomic E-state index is 12.7. The summed E-state index contributed by atoms with van der Waals surface area (Å²) in [6, 6.07) is 10.1.